The first-order valence-electron chi connectivity index (χ1n) is 17.4. The topological polar surface area (TPSA) is 124 Å². The molecule has 1 aliphatic carbocycles. The molecular formula is C40H46ClN3O8S. The highest BCUT2D eigenvalue weighted by atomic mass is 35.5. The van der Waals surface area contributed by atoms with Gasteiger partial charge >= 0.3 is 0 Å². The molecular weight excluding hydrogens is 718 g/mol. The quantitative estimate of drug-likeness (QED) is 0.135. The van der Waals surface area contributed by atoms with Gasteiger partial charge in [0.25, 0.3) is 10.0 Å². The maximum atomic E-state index is 15.0. The summed E-state index contributed by atoms with van der Waals surface area (Å²) in [6.07, 6.45) is 5.00. The standard InChI is InChI=1S/C40H46ClN3O8S/c1-49-32-18-20-36(50-2)34(24-32)44(53(47,48)33-19-21-37(51-3)38(25-33)52-4)27-39(45)43(26-29-14-11-15-30(41)22-29)35(23-28-12-7-5-8-13-28)40(46)42-31-16-9-6-10-17-31/h5,7-8,11-15,18-22,24-25,31,35H,6,9-10,16-17,23,26-27H2,1-4H3,(H,42,46). The number of carbonyl (C=O) groups is 2. The SMILES string of the molecule is COc1ccc(OC)c(N(CC(=O)N(Cc2cccc(Cl)c2)C(Cc2ccccc2)C(=O)NC2CCCCC2)S(=O)(=O)c2ccc(OC)c(OC)c2)c1. The summed E-state index contributed by atoms with van der Waals surface area (Å²) in [5.41, 5.74) is 1.57. The van der Waals surface area contributed by atoms with Crippen molar-refractivity contribution < 1.29 is 37.0 Å². The van der Waals surface area contributed by atoms with Crippen LogP contribution in [0.3, 0.4) is 0 Å². The Bertz CT molecular complexity index is 1970. The van der Waals surface area contributed by atoms with E-state index >= 15 is 0 Å². The van der Waals surface area contributed by atoms with Crippen molar-refractivity contribution in [1.82, 2.24) is 10.2 Å². The molecule has 53 heavy (non-hydrogen) atoms. The molecule has 1 fully saturated rings. The number of carbonyl (C=O) groups excluding carboxylic acids is 2. The van der Waals surface area contributed by atoms with Crippen LogP contribution in [-0.2, 0) is 32.6 Å². The lowest BCUT2D eigenvalue weighted by molar-refractivity contribution is -0.140. The van der Waals surface area contributed by atoms with E-state index in [4.69, 9.17) is 30.5 Å². The fourth-order valence-corrected chi connectivity index (χ4v) is 8.18. The molecule has 1 N–H and O–H groups in total. The van der Waals surface area contributed by atoms with Crippen LogP contribution < -0.4 is 28.6 Å². The van der Waals surface area contributed by atoms with Crippen molar-refractivity contribution in [2.45, 2.75) is 62.0 Å². The third-order valence-corrected chi connectivity index (χ3v) is 11.3. The van der Waals surface area contributed by atoms with Gasteiger partial charge in [-0.1, -0.05) is 73.3 Å². The van der Waals surface area contributed by atoms with Crippen LogP contribution in [0.4, 0.5) is 5.69 Å². The normalized spacial score (nSPS) is 13.8. The van der Waals surface area contributed by atoms with Crippen molar-refractivity contribution in [2.24, 2.45) is 0 Å². The number of methoxy groups -OCH3 is 4. The molecule has 4 aromatic rings. The Labute approximate surface area is 316 Å². The summed E-state index contributed by atoms with van der Waals surface area (Å²) in [7, 11) is 1.20. The number of ether oxygens (including phenoxy) is 4. The molecule has 1 aliphatic rings. The number of rotatable bonds is 16. The van der Waals surface area contributed by atoms with Crippen LogP contribution in [0.25, 0.3) is 0 Å². The second-order valence-electron chi connectivity index (χ2n) is 12.8. The molecule has 282 valence electrons. The van der Waals surface area contributed by atoms with Gasteiger partial charge in [-0.3, -0.25) is 13.9 Å². The van der Waals surface area contributed by atoms with E-state index in [1.807, 2.05) is 36.4 Å². The molecule has 0 aliphatic heterocycles. The average Bonchev–Trinajstić information content (AvgIpc) is 3.18. The van der Waals surface area contributed by atoms with Gasteiger partial charge in [-0.15, -0.1) is 0 Å². The van der Waals surface area contributed by atoms with Gasteiger partial charge in [0.15, 0.2) is 11.5 Å². The molecule has 0 spiro atoms. The highest BCUT2D eigenvalue weighted by molar-refractivity contribution is 7.92. The molecule has 1 unspecified atom stereocenters. The van der Waals surface area contributed by atoms with Crippen LogP contribution >= 0.6 is 11.6 Å². The predicted octanol–water partition coefficient (Wildman–Crippen LogP) is 6.66. The van der Waals surface area contributed by atoms with Gasteiger partial charge in [-0.25, -0.2) is 8.42 Å². The predicted molar refractivity (Wildman–Crippen MR) is 205 cm³/mol. The van der Waals surface area contributed by atoms with Crippen molar-refractivity contribution in [3.63, 3.8) is 0 Å². The Hall–Kier alpha value is -4.94. The number of nitrogens with one attached hydrogen (secondary N) is 1. The second-order valence-corrected chi connectivity index (χ2v) is 15.1. The molecule has 1 saturated carbocycles. The third kappa shape index (κ3) is 9.74. The lowest BCUT2D eigenvalue weighted by atomic mass is 9.94. The maximum absolute atomic E-state index is 15.0. The first-order chi connectivity index (χ1) is 25.6. The first-order valence-corrected chi connectivity index (χ1v) is 19.2. The largest absolute Gasteiger partial charge is 0.497 e. The highest BCUT2D eigenvalue weighted by Crippen LogP contribution is 2.38. The number of amides is 2. The molecule has 5 rings (SSSR count). The highest BCUT2D eigenvalue weighted by Gasteiger charge is 2.37. The second kappa shape index (κ2) is 18.2. The molecule has 2 amide bonds. The summed E-state index contributed by atoms with van der Waals surface area (Å²) in [6, 6.07) is 24.3. The molecule has 11 nitrogen and oxygen atoms in total. The maximum Gasteiger partial charge on any atom is 0.265 e. The van der Waals surface area contributed by atoms with E-state index in [0.29, 0.717) is 22.1 Å². The van der Waals surface area contributed by atoms with Gasteiger partial charge in [-0.05, 0) is 60.4 Å². The minimum Gasteiger partial charge on any atom is -0.497 e. The van der Waals surface area contributed by atoms with Gasteiger partial charge < -0.3 is 29.2 Å². The Balaban J connectivity index is 1.64. The summed E-state index contributed by atoms with van der Waals surface area (Å²) in [5.74, 6) is 0.0871. The minimum atomic E-state index is -4.51. The number of nitrogens with zero attached hydrogens (tertiary/aromatic N) is 2. The van der Waals surface area contributed by atoms with Gasteiger partial charge in [0.05, 0.1) is 39.0 Å². The molecule has 0 aromatic heterocycles. The lowest BCUT2D eigenvalue weighted by Crippen LogP contribution is -2.55. The minimum absolute atomic E-state index is 0.0194. The number of benzene rings is 4. The van der Waals surface area contributed by atoms with E-state index < -0.39 is 28.5 Å². The Morgan fingerprint density at radius 1 is 0.774 bits per heavy atom. The number of anilines is 1. The van der Waals surface area contributed by atoms with Crippen LogP contribution in [0.15, 0.2) is 95.9 Å². The van der Waals surface area contributed by atoms with Crippen LogP contribution in [0.2, 0.25) is 5.02 Å². The molecule has 0 bridgehead atoms. The van der Waals surface area contributed by atoms with Crippen LogP contribution in [-0.4, -0.2) is 72.2 Å². The fourth-order valence-electron chi connectivity index (χ4n) is 6.54. The smallest absolute Gasteiger partial charge is 0.265 e. The van der Waals surface area contributed by atoms with Gasteiger partial charge in [0.1, 0.15) is 24.1 Å². The number of hydrogen-bond acceptors (Lipinski definition) is 8. The average molecular weight is 764 g/mol. The summed E-state index contributed by atoms with van der Waals surface area (Å²) in [4.78, 5) is 30.7. The molecule has 0 saturated heterocycles. The van der Waals surface area contributed by atoms with Crippen LogP contribution in [0, 0.1) is 0 Å². The summed E-state index contributed by atoms with van der Waals surface area (Å²) < 4.78 is 52.4. The van der Waals surface area contributed by atoms with Gasteiger partial charge in [0, 0.05) is 36.2 Å². The Morgan fingerprint density at radius 2 is 1.45 bits per heavy atom. The third-order valence-electron chi connectivity index (χ3n) is 9.34. The van der Waals surface area contributed by atoms with Crippen molar-refractivity contribution in [1.29, 1.82) is 0 Å². The summed E-state index contributed by atoms with van der Waals surface area (Å²) in [5, 5.41) is 3.67. The zero-order chi connectivity index (χ0) is 38.0. The van der Waals surface area contributed by atoms with E-state index in [1.54, 1.807) is 30.3 Å². The molecule has 1 atom stereocenters. The molecule has 0 heterocycles. The van der Waals surface area contributed by atoms with Crippen molar-refractivity contribution in [3.8, 4) is 23.0 Å². The number of halogens is 1. The van der Waals surface area contributed by atoms with E-state index in [-0.39, 0.29) is 47.0 Å². The molecule has 4 aromatic carbocycles. The summed E-state index contributed by atoms with van der Waals surface area (Å²) >= 11 is 6.39. The fraction of sp³-hybridized carbons (Fsp3) is 0.350. The van der Waals surface area contributed by atoms with Gasteiger partial charge in [-0.2, -0.15) is 0 Å². The molecule has 13 heteroatoms. The van der Waals surface area contributed by atoms with E-state index in [1.165, 1.54) is 57.6 Å². The Kier molecular flexibility index (Phi) is 13.5. The van der Waals surface area contributed by atoms with Crippen molar-refractivity contribution in [3.05, 3.63) is 107 Å². The van der Waals surface area contributed by atoms with Crippen LogP contribution in [0.1, 0.15) is 43.2 Å². The van der Waals surface area contributed by atoms with E-state index in [2.05, 4.69) is 5.32 Å². The summed E-state index contributed by atoms with van der Waals surface area (Å²) in [6.45, 7) is -0.711. The van der Waals surface area contributed by atoms with Crippen molar-refractivity contribution >= 4 is 39.1 Å². The first kappa shape index (κ1) is 39.3. The Morgan fingerprint density at radius 3 is 2.11 bits per heavy atom. The van der Waals surface area contributed by atoms with E-state index in [0.717, 1.165) is 42.0 Å². The molecule has 0 radical (unpaired) electrons. The van der Waals surface area contributed by atoms with Crippen LogP contribution in [0.5, 0.6) is 23.0 Å². The zero-order valence-electron chi connectivity index (χ0n) is 30.4. The number of sulfonamides is 1. The van der Waals surface area contributed by atoms with E-state index in [9.17, 15) is 18.0 Å². The van der Waals surface area contributed by atoms with Crippen molar-refractivity contribution in [2.75, 3.05) is 39.3 Å². The lowest BCUT2D eigenvalue weighted by Gasteiger charge is -2.35. The number of hydrogen-bond donors (Lipinski definition) is 1. The monoisotopic (exact) mass is 763 g/mol. The van der Waals surface area contributed by atoms with Gasteiger partial charge in [0.2, 0.25) is 11.8 Å². The zero-order valence-corrected chi connectivity index (χ0v) is 32.0.